The zero-order valence-electron chi connectivity index (χ0n) is 39.7. The molecule has 0 radical (unpaired) electrons. The van der Waals surface area contributed by atoms with E-state index in [1.165, 1.54) is 163 Å². The van der Waals surface area contributed by atoms with Gasteiger partial charge < -0.3 is 0 Å². The van der Waals surface area contributed by atoms with Gasteiger partial charge in [0, 0.05) is 0 Å². The summed E-state index contributed by atoms with van der Waals surface area (Å²) >= 11 is 0. The van der Waals surface area contributed by atoms with Crippen LogP contribution >= 0.6 is 0 Å². The first-order chi connectivity index (χ1) is 30.7. The molecule has 0 aliphatic heterocycles. The highest BCUT2D eigenvalue weighted by molar-refractivity contribution is 6.47. The lowest BCUT2D eigenvalue weighted by atomic mass is 9.84. The molecule has 0 heteroatoms. The smallest absolute Gasteiger partial charge is 0.00137 e. The quantitative estimate of drug-likeness (QED) is 0.116. The van der Waals surface area contributed by atoms with Crippen LogP contribution < -0.4 is 0 Å². The second kappa shape index (κ2) is 12.8. The maximum absolute atomic E-state index is 2.52. The molecule has 0 N–H and O–H groups in total. The summed E-state index contributed by atoms with van der Waals surface area (Å²) < 4.78 is 0. The molecule has 0 aliphatic rings. The lowest BCUT2D eigenvalue weighted by Gasteiger charge is -2.19. The average Bonchev–Trinajstić information content (AvgIpc) is 3.78. The minimum absolute atomic E-state index is 0.324. The van der Waals surface area contributed by atoms with Gasteiger partial charge in [0.2, 0.25) is 0 Å². The monoisotopic (exact) mass is 826 g/mol. The third-order valence-corrected chi connectivity index (χ3v) is 16.1. The molecule has 0 bridgehead atoms. The molecule has 0 spiro atoms. The predicted octanol–water partition coefficient (Wildman–Crippen LogP) is 20.0. The van der Waals surface area contributed by atoms with Gasteiger partial charge in [0.05, 0.1) is 0 Å². The van der Waals surface area contributed by atoms with Crippen molar-refractivity contribution in [3.05, 3.63) is 130 Å². The molecule has 0 aromatic heterocycles. The van der Waals surface area contributed by atoms with Crippen molar-refractivity contribution in [1.82, 2.24) is 0 Å². The molecule has 13 aromatic carbocycles. The summed E-state index contributed by atoms with van der Waals surface area (Å²) in [5.74, 6) is 2.45. The number of fused-ring (bicyclic) bond motifs is 10. The van der Waals surface area contributed by atoms with Crippen molar-refractivity contribution in [2.45, 2.75) is 119 Å². The van der Waals surface area contributed by atoms with Crippen molar-refractivity contribution in [3.8, 4) is 0 Å². The molecule has 0 saturated carbocycles. The van der Waals surface area contributed by atoms with Gasteiger partial charge in [-0.2, -0.15) is 0 Å². The van der Waals surface area contributed by atoms with Crippen LogP contribution in [-0.4, -0.2) is 0 Å². The molecule has 0 heterocycles. The molecule has 314 valence electrons. The molecule has 0 atom stereocenters. The molecule has 13 rings (SSSR count). The van der Waals surface area contributed by atoms with Crippen LogP contribution in [0, 0.1) is 0 Å². The Hall–Kier alpha value is -5.98. The van der Waals surface area contributed by atoms with Gasteiger partial charge >= 0.3 is 0 Å². The summed E-state index contributed by atoms with van der Waals surface area (Å²) in [6.45, 7) is 28.6. The van der Waals surface area contributed by atoms with E-state index < -0.39 is 0 Å². The molecule has 0 unspecified atom stereocenters. The van der Waals surface area contributed by atoms with Crippen LogP contribution in [0.4, 0.5) is 0 Å². The maximum atomic E-state index is 2.52. The van der Waals surface area contributed by atoms with Gasteiger partial charge in [0.1, 0.15) is 0 Å². The zero-order chi connectivity index (χ0) is 44.1. The van der Waals surface area contributed by atoms with Crippen LogP contribution in [0.5, 0.6) is 0 Å². The second-order valence-electron chi connectivity index (χ2n) is 21.9. The van der Waals surface area contributed by atoms with Crippen molar-refractivity contribution >= 4 is 129 Å². The first-order valence-electron chi connectivity index (χ1n) is 24.4. The van der Waals surface area contributed by atoms with Gasteiger partial charge in [0.15, 0.2) is 0 Å². The molecule has 0 amide bonds. The summed E-state index contributed by atoms with van der Waals surface area (Å²) in [5.41, 5.74) is 8.71. The number of rotatable bonds is 6. The molecule has 0 saturated heterocycles. The number of benzene rings is 11. The minimum atomic E-state index is 0.324. The highest BCUT2D eigenvalue weighted by Crippen LogP contribution is 2.57. The van der Waals surface area contributed by atoms with E-state index in [2.05, 4.69) is 180 Å². The van der Waals surface area contributed by atoms with E-state index in [9.17, 15) is 0 Å². The third kappa shape index (κ3) is 4.70. The van der Waals surface area contributed by atoms with Crippen molar-refractivity contribution in [1.29, 1.82) is 0 Å². The molecule has 64 heavy (non-hydrogen) atoms. The first kappa shape index (κ1) is 38.5. The highest BCUT2D eigenvalue weighted by Gasteiger charge is 2.30. The van der Waals surface area contributed by atoms with Gasteiger partial charge in [-0.05, 0) is 198 Å². The standard InChI is InChI=1S/C64H58/c1-29(2)35-21-39-22-36(30(3)4)26-50-42-14-18-46-59-45(17-13-41(57(42)59)49(25-35)55(39)50)61-53(33(9)10)63-47-19-15-43-51-27-37(31(5)6)23-40-24-38(32(7)8)28-52(56(40)51)44-16-20-48(60(47)58(43)44)64(63)54(34(11)12)62(46)61/h13-34H,1-12H3. The summed E-state index contributed by atoms with van der Waals surface area (Å²) in [4.78, 5) is 0. The lowest BCUT2D eigenvalue weighted by Crippen LogP contribution is -1.96. The number of hydrogen-bond acceptors (Lipinski definition) is 0. The predicted molar refractivity (Wildman–Crippen MR) is 286 cm³/mol. The topological polar surface area (TPSA) is 0 Å². The van der Waals surface area contributed by atoms with Gasteiger partial charge in [0.25, 0.3) is 0 Å². The highest BCUT2D eigenvalue weighted by atomic mass is 14.3. The SMILES string of the molecule is CC(C)c1cc2cc(C(C)C)cc3c4ccc5c6c(C(C)C)c7c8ccc9c%10cc(C(C)C)cc%11cc(C(C)C)cc(c%12ccc(c7c(C(C)C)c6c6ccc(c(c1)c23)c4c65)c8c%129)c%11%10. The van der Waals surface area contributed by atoms with E-state index in [-0.39, 0.29) is 0 Å². The number of hydrogen-bond donors (Lipinski definition) is 0. The Bertz CT molecular complexity index is 3600. The molecule has 13 aromatic rings. The van der Waals surface area contributed by atoms with E-state index >= 15 is 0 Å². The second-order valence-corrected chi connectivity index (χ2v) is 21.9. The summed E-state index contributed by atoms with van der Waals surface area (Å²) in [5, 5.41) is 34.2. The molecule has 0 nitrogen and oxygen atoms in total. The Morgan fingerprint density at radius 1 is 0.203 bits per heavy atom. The van der Waals surface area contributed by atoms with Gasteiger partial charge in [-0.25, -0.2) is 0 Å². The zero-order valence-corrected chi connectivity index (χ0v) is 39.7. The Kier molecular flexibility index (Phi) is 7.72. The summed E-state index contributed by atoms with van der Waals surface area (Å²) in [6, 6.07) is 40.1. The van der Waals surface area contributed by atoms with Gasteiger partial charge in [-0.15, -0.1) is 0 Å². The first-order valence-corrected chi connectivity index (χ1v) is 24.4. The van der Waals surface area contributed by atoms with Crippen molar-refractivity contribution in [2.75, 3.05) is 0 Å². The van der Waals surface area contributed by atoms with E-state index in [0.717, 1.165) is 0 Å². The molecular weight excluding hydrogens is 769 g/mol. The fourth-order valence-electron chi connectivity index (χ4n) is 13.1. The van der Waals surface area contributed by atoms with Crippen LogP contribution in [0.3, 0.4) is 0 Å². The van der Waals surface area contributed by atoms with Crippen LogP contribution in [0.1, 0.15) is 152 Å². The maximum Gasteiger partial charge on any atom is -0.00137 e. The summed E-state index contributed by atoms with van der Waals surface area (Å²) in [6.07, 6.45) is 0. The van der Waals surface area contributed by atoms with E-state index in [4.69, 9.17) is 0 Å². The van der Waals surface area contributed by atoms with Crippen molar-refractivity contribution < 1.29 is 0 Å². The third-order valence-electron chi connectivity index (χ3n) is 16.1. The molecular formula is C64H58. The van der Waals surface area contributed by atoms with Gasteiger partial charge in [-0.1, -0.05) is 180 Å². The lowest BCUT2D eigenvalue weighted by molar-refractivity contribution is 0.866. The van der Waals surface area contributed by atoms with Crippen molar-refractivity contribution in [2.24, 2.45) is 0 Å². The van der Waals surface area contributed by atoms with E-state index in [0.29, 0.717) is 35.5 Å². The van der Waals surface area contributed by atoms with Crippen LogP contribution in [-0.2, 0) is 0 Å². The average molecular weight is 827 g/mol. The minimum Gasteiger partial charge on any atom is -0.0587 e. The van der Waals surface area contributed by atoms with Crippen LogP contribution in [0.15, 0.2) is 97.1 Å². The fraction of sp³-hybridized carbons (Fsp3) is 0.281. The normalized spacial score (nSPS) is 13.5. The summed E-state index contributed by atoms with van der Waals surface area (Å²) in [7, 11) is 0. The van der Waals surface area contributed by atoms with Crippen LogP contribution in [0.2, 0.25) is 0 Å². The Morgan fingerprint density at radius 2 is 0.422 bits per heavy atom. The Labute approximate surface area is 376 Å². The van der Waals surface area contributed by atoms with E-state index in [1.807, 2.05) is 0 Å². The Morgan fingerprint density at radius 3 is 0.641 bits per heavy atom. The van der Waals surface area contributed by atoms with E-state index in [1.54, 1.807) is 0 Å². The van der Waals surface area contributed by atoms with Crippen LogP contribution in [0.25, 0.3) is 129 Å². The fourth-order valence-corrected chi connectivity index (χ4v) is 13.1. The Balaban J connectivity index is 1.25. The molecule has 0 fully saturated rings. The van der Waals surface area contributed by atoms with Gasteiger partial charge in [-0.3, -0.25) is 0 Å². The van der Waals surface area contributed by atoms with Crippen molar-refractivity contribution in [3.63, 3.8) is 0 Å². The molecule has 0 aliphatic carbocycles. The largest absolute Gasteiger partial charge is 0.0587 e.